The van der Waals surface area contributed by atoms with E-state index in [1.165, 1.54) is 12.0 Å². The van der Waals surface area contributed by atoms with Crippen LogP contribution >= 0.6 is 11.3 Å². The molecular formula is C13H22N2O2S. The van der Waals surface area contributed by atoms with E-state index in [0.717, 1.165) is 10.7 Å². The average Bonchev–Trinajstić information content (AvgIpc) is 2.55. The predicted octanol–water partition coefficient (Wildman–Crippen LogP) is 2.44. The highest BCUT2D eigenvalue weighted by atomic mass is 32.1. The summed E-state index contributed by atoms with van der Waals surface area (Å²) in [5.74, 6) is -0.221. The monoisotopic (exact) mass is 270 g/mol. The van der Waals surface area contributed by atoms with Crippen molar-refractivity contribution in [2.75, 3.05) is 7.11 Å². The molecular weight excluding hydrogens is 248 g/mol. The molecule has 1 aromatic heterocycles. The highest BCUT2D eigenvalue weighted by molar-refractivity contribution is 7.11. The first-order valence-corrected chi connectivity index (χ1v) is 6.81. The van der Waals surface area contributed by atoms with Crippen molar-refractivity contribution < 1.29 is 9.53 Å². The van der Waals surface area contributed by atoms with Crippen molar-refractivity contribution in [3.05, 3.63) is 15.6 Å². The fourth-order valence-electron chi connectivity index (χ4n) is 1.79. The number of methoxy groups -OCH3 is 1. The number of carbonyl (C=O) groups excluding carboxylic acids is 1. The fraction of sp³-hybridized carbons (Fsp3) is 0.692. The lowest BCUT2D eigenvalue weighted by Crippen LogP contribution is -2.46. The zero-order valence-electron chi connectivity index (χ0n) is 12.0. The molecule has 0 saturated carbocycles. The van der Waals surface area contributed by atoms with Crippen molar-refractivity contribution in [1.29, 1.82) is 0 Å². The summed E-state index contributed by atoms with van der Waals surface area (Å²) < 4.78 is 4.85. The van der Waals surface area contributed by atoms with Gasteiger partial charge in [-0.2, -0.15) is 0 Å². The predicted molar refractivity (Wildman–Crippen MR) is 73.7 cm³/mol. The van der Waals surface area contributed by atoms with E-state index in [2.05, 4.69) is 10.3 Å². The number of nitrogens with zero attached hydrogens (tertiary/aromatic N) is 1. The highest BCUT2D eigenvalue weighted by Crippen LogP contribution is 2.22. The Kier molecular flexibility index (Phi) is 4.87. The molecule has 0 aliphatic rings. The Labute approximate surface area is 113 Å². The van der Waals surface area contributed by atoms with Crippen molar-refractivity contribution in [2.24, 2.45) is 5.41 Å². The van der Waals surface area contributed by atoms with Crippen LogP contribution in [0, 0.1) is 19.3 Å². The Morgan fingerprint density at radius 3 is 2.44 bits per heavy atom. The first-order valence-electron chi connectivity index (χ1n) is 6.00. The van der Waals surface area contributed by atoms with E-state index in [9.17, 15) is 4.79 Å². The smallest absolute Gasteiger partial charge is 0.323 e. The van der Waals surface area contributed by atoms with Gasteiger partial charge in [-0.05, 0) is 19.3 Å². The molecule has 0 radical (unpaired) electrons. The molecule has 1 aromatic rings. The van der Waals surface area contributed by atoms with Crippen LogP contribution in [-0.4, -0.2) is 24.1 Å². The molecule has 0 amide bonds. The second kappa shape index (κ2) is 5.80. The van der Waals surface area contributed by atoms with Crippen molar-refractivity contribution >= 4 is 17.3 Å². The third kappa shape index (κ3) is 3.78. The van der Waals surface area contributed by atoms with Gasteiger partial charge in [-0.1, -0.05) is 20.8 Å². The van der Waals surface area contributed by atoms with Gasteiger partial charge in [0.2, 0.25) is 0 Å². The van der Waals surface area contributed by atoms with Crippen molar-refractivity contribution in [3.63, 3.8) is 0 Å². The van der Waals surface area contributed by atoms with Gasteiger partial charge in [0.05, 0.1) is 17.8 Å². The van der Waals surface area contributed by atoms with Gasteiger partial charge in [0.1, 0.15) is 6.04 Å². The van der Waals surface area contributed by atoms with E-state index in [4.69, 9.17) is 4.74 Å². The highest BCUT2D eigenvalue weighted by Gasteiger charge is 2.31. The normalized spacial score (nSPS) is 13.4. The minimum atomic E-state index is -0.315. The van der Waals surface area contributed by atoms with Crippen LogP contribution in [0.1, 0.15) is 36.3 Å². The van der Waals surface area contributed by atoms with E-state index in [-0.39, 0.29) is 17.4 Å². The van der Waals surface area contributed by atoms with Gasteiger partial charge in [-0.25, -0.2) is 4.98 Å². The number of hydrogen-bond donors (Lipinski definition) is 1. The van der Waals surface area contributed by atoms with Crippen LogP contribution < -0.4 is 5.32 Å². The molecule has 0 fully saturated rings. The van der Waals surface area contributed by atoms with Crippen LogP contribution in [0.4, 0.5) is 0 Å². The molecule has 4 nitrogen and oxygen atoms in total. The third-order valence-corrected chi connectivity index (χ3v) is 3.84. The number of thiazole rings is 1. The summed E-state index contributed by atoms with van der Waals surface area (Å²) in [7, 11) is 1.42. The number of rotatable bonds is 4. The van der Waals surface area contributed by atoms with Gasteiger partial charge in [0.25, 0.3) is 0 Å². The first kappa shape index (κ1) is 15.1. The van der Waals surface area contributed by atoms with Gasteiger partial charge in [-0.3, -0.25) is 10.1 Å². The number of aryl methyl sites for hydroxylation is 2. The van der Waals surface area contributed by atoms with Crippen molar-refractivity contribution in [2.45, 2.75) is 47.2 Å². The molecule has 0 saturated heterocycles. The minimum absolute atomic E-state index is 0.180. The standard InChI is InChI=1S/C13H22N2O2S/c1-8-10(18-9(2)15-8)7-14-11(12(16)17-6)13(3,4)5/h11,14H,7H2,1-6H3/t11-/m0/s1. The molecule has 1 atom stereocenters. The van der Waals surface area contributed by atoms with Crippen LogP contribution in [0.2, 0.25) is 0 Å². The second-order valence-corrected chi connectivity index (χ2v) is 6.73. The number of hydrogen-bond acceptors (Lipinski definition) is 5. The third-order valence-electron chi connectivity index (χ3n) is 2.77. The maximum atomic E-state index is 11.8. The van der Waals surface area contributed by atoms with Gasteiger partial charge < -0.3 is 4.74 Å². The molecule has 0 aliphatic carbocycles. The maximum absolute atomic E-state index is 11.8. The Balaban J connectivity index is 2.74. The van der Waals surface area contributed by atoms with Crippen LogP contribution in [-0.2, 0) is 16.1 Å². The Hall–Kier alpha value is -0.940. The minimum Gasteiger partial charge on any atom is -0.468 e. The summed E-state index contributed by atoms with van der Waals surface area (Å²) in [4.78, 5) is 17.3. The summed E-state index contributed by atoms with van der Waals surface area (Å²) in [5.41, 5.74) is 0.850. The quantitative estimate of drug-likeness (QED) is 0.854. The lowest BCUT2D eigenvalue weighted by Gasteiger charge is -2.29. The molecule has 0 bridgehead atoms. The van der Waals surface area contributed by atoms with Crippen LogP contribution in [0.15, 0.2) is 0 Å². The van der Waals surface area contributed by atoms with Gasteiger partial charge in [0.15, 0.2) is 0 Å². The summed E-state index contributed by atoms with van der Waals surface area (Å²) in [5, 5.41) is 4.33. The number of ether oxygens (including phenoxy) is 1. The van der Waals surface area contributed by atoms with Crippen molar-refractivity contribution in [1.82, 2.24) is 10.3 Å². The van der Waals surface area contributed by atoms with Gasteiger partial charge in [-0.15, -0.1) is 11.3 Å². The maximum Gasteiger partial charge on any atom is 0.323 e. The van der Waals surface area contributed by atoms with Gasteiger partial charge >= 0.3 is 5.97 Å². The van der Waals surface area contributed by atoms with Crippen LogP contribution in [0.25, 0.3) is 0 Å². The largest absolute Gasteiger partial charge is 0.468 e. The summed E-state index contributed by atoms with van der Waals surface area (Å²) >= 11 is 1.66. The van der Waals surface area contributed by atoms with Crippen LogP contribution in [0.3, 0.4) is 0 Å². The van der Waals surface area contributed by atoms with E-state index in [1.54, 1.807) is 11.3 Å². The lowest BCUT2D eigenvalue weighted by atomic mass is 9.86. The summed E-state index contributed by atoms with van der Waals surface area (Å²) in [6.45, 7) is 10.7. The Morgan fingerprint density at radius 2 is 2.06 bits per heavy atom. The molecule has 1 heterocycles. The number of esters is 1. The summed E-state index contributed by atoms with van der Waals surface area (Å²) in [6.07, 6.45) is 0. The molecule has 5 heteroatoms. The van der Waals surface area contributed by atoms with E-state index in [1.807, 2.05) is 34.6 Å². The zero-order chi connectivity index (χ0) is 13.9. The number of nitrogens with one attached hydrogen (secondary N) is 1. The molecule has 18 heavy (non-hydrogen) atoms. The molecule has 0 aliphatic heterocycles. The Bertz CT molecular complexity index is 421. The Morgan fingerprint density at radius 1 is 1.44 bits per heavy atom. The SMILES string of the molecule is COC(=O)[C@H](NCc1sc(C)nc1C)C(C)(C)C. The van der Waals surface area contributed by atoms with E-state index < -0.39 is 0 Å². The number of aromatic nitrogens is 1. The lowest BCUT2D eigenvalue weighted by molar-refractivity contribution is -0.146. The number of carbonyl (C=O) groups is 1. The second-order valence-electron chi connectivity index (χ2n) is 5.44. The molecule has 1 rings (SSSR count). The van der Waals surface area contributed by atoms with Gasteiger partial charge in [0, 0.05) is 11.4 Å². The fourth-order valence-corrected chi connectivity index (χ4v) is 2.68. The van der Waals surface area contributed by atoms with E-state index in [0.29, 0.717) is 6.54 Å². The molecule has 0 aromatic carbocycles. The average molecular weight is 270 g/mol. The van der Waals surface area contributed by atoms with E-state index >= 15 is 0 Å². The summed E-state index contributed by atoms with van der Waals surface area (Å²) in [6, 6.07) is -0.315. The first-order chi connectivity index (χ1) is 8.25. The van der Waals surface area contributed by atoms with Crippen molar-refractivity contribution in [3.8, 4) is 0 Å². The molecule has 0 unspecified atom stereocenters. The molecule has 0 spiro atoms. The zero-order valence-corrected chi connectivity index (χ0v) is 12.8. The molecule has 1 N–H and O–H groups in total. The molecule has 102 valence electrons. The topological polar surface area (TPSA) is 51.2 Å². The van der Waals surface area contributed by atoms with Crippen LogP contribution in [0.5, 0.6) is 0 Å².